The van der Waals surface area contributed by atoms with Gasteiger partial charge in [-0.1, -0.05) is 6.07 Å². The Morgan fingerprint density at radius 1 is 1.44 bits per heavy atom. The number of aryl methyl sites for hydroxylation is 2. The van der Waals surface area contributed by atoms with Crippen LogP contribution in [0.1, 0.15) is 28.0 Å². The zero-order chi connectivity index (χ0) is 11.5. The molecule has 0 aliphatic rings. The first-order valence-electron chi connectivity index (χ1n) is 5.25. The lowest BCUT2D eigenvalue weighted by Crippen LogP contribution is -2.16. The highest BCUT2D eigenvalue weighted by molar-refractivity contribution is 7.09. The summed E-state index contributed by atoms with van der Waals surface area (Å²) in [6.07, 6.45) is 2.55. The lowest BCUT2D eigenvalue weighted by molar-refractivity contribution is 0.686. The molecule has 16 heavy (non-hydrogen) atoms. The summed E-state index contributed by atoms with van der Waals surface area (Å²) in [5.41, 5.74) is 9.31. The molecule has 4 heteroatoms. The number of pyridine rings is 1. The van der Waals surface area contributed by atoms with Crippen LogP contribution in [-0.4, -0.2) is 9.97 Å². The van der Waals surface area contributed by atoms with E-state index in [-0.39, 0.29) is 6.04 Å². The molecule has 0 bridgehead atoms. The molecule has 3 nitrogen and oxygen atoms in total. The van der Waals surface area contributed by atoms with Crippen molar-refractivity contribution in [1.29, 1.82) is 0 Å². The zero-order valence-electron chi connectivity index (χ0n) is 9.47. The third kappa shape index (κ3) is 2.46. The van der Waals surface area contributed by atoms with Crippen LogP contribution in [0.2, 0.25) is 0 Å². The SMILES string of the molecule is Cc1csc(CC(N)c2ncccc2C)n1. The van der Waals surface area contributed by atoms with E-state index in [1.165, 1.54) is 0 Å². The van der Waals surface area contributed by atoms with Crippen LogP contribution >= 0.6 is 11.3 Å². The number of rotatable bonds is 3. The quantitative estimate of drug-likeness (QED) is 0.885. The largest absolute Gasteiger partial charge is 0.322 e. The Hall–Kier alpha value is -1.26. The maximum absolute atomic E-state index is 6.14. The van der Waals surface area contributed by atoms with E-state index in [9.17, 15) is 0 Å². The Kier molecular flexibility index (Phi) is 3.31. The highest BCUT2D eigenvalue weighted by Gasteiger charge is 2.12. The van der Waals surface area contributed by atoms with Crippen LogP contribution in [0.5, 0.6) is 0 Å². The van der Waals surface area contributed by atoms with Gasteiger partial charge < -0.3 is 5.73 Å². The molecule has 2 rings (SSSR count). The molecule has 2 aromatic heterocycles. The van der Waals surface area contributed by atoms with Crippen LogP contribution in [0, 0.1) is 13.8 Å². The Morgan fingerprint density at radius 2 is 2.25 bits per heavy atom. The molecule has 0 amide bonds. The van der Waals surface area contributed by atoms with Gasteiger partial charge in [0.1, 0.15) is 0 Å². The summed E-state index contributed by atoms with van der Waals surface area (Å²) < 4.78 is 0. The second kappa shape index (κ2) is 4.72. The van der Waals surface area contributed by atoms with Gasteiger partial charge in [0.05, 0.1) is 16.7 Å². The summed E-state index contributed by atoms with van der Waals surface area (Å²) in [6, 6.07) is 3.90. The Labute approximate surface area is 99.4 Å². The third-order valence-electron chi connectivity index (χ3n) is 2.46. The summed E-state index contributed by atoms with van der Waals surface area (Å²) in [4.78, 5) is 8.75. The standard InChI is InChI=1S/C12H15N3S/c1-8-4-3-5-14-12(8)10(13)6-11-15-9(2)7-16-11/h3-5,7,10H,6,13H2,1-2H3. The summed E-state index contributed by atoms with van der Waals surface area (Å²) >= 11 is 1.66. The number of aromatic nitrogens is 2. The number of nitrogens with two attached hydrogens (primary N) is 1. The van der Waals surface area contributed by atoms with Crippen LogP contribution in [0.15, 0.2) is 23.7 Å². The van der Waals surface area contributed by atoms with E-state index < -0.39 is 0 Å². The van der Waals surface area contributed by atoms with Gasteiger partial charge in [-0.05, 0) is 25.5 Å². The molecule has 0 aliphatic carbocycles. The van der Waals surface area contributed by atoms with Gasteiger partial charge in [-0.15, -0.1) is 11.3 Å². The minimum absolute atomic E-state index is 0.0632. The van der Waals surface area contributed by atoms with Gasteiger partial charge in [-0.2, -0.15) is 0 Å². The Bertz CT molecular complexity index is 479. The van der Waals surface area contributed by atoms with Crippen LogP contribution in [0.25, 0.3) is 0 Å². The van der Waals surface area contributed by atoms with Gasteiger partial charge in [-0.3, -0.25) is 4.98 Å². The van der Waals surface area contributed by atoms with E-state index in [1.807, 2.05) is 31.4 Å². The highest BCUT2D eigenvalue weighted by atomic mass is 32.1. The summed E-state index contributed by atoms with van der Waals surface area (Å²) in [6.45, 7) is 4.03. The monoisotopic (exact) mass is 233 g/mol. The summed E-state index contributed by atoms with van der Waals surface area (Å²) in [5.74, 6) is 0. The first kappa shape index (κ1) is 11.2. The van der Waals surface area contributed by atoms with E-state index >= 15 is 0 Å². The predicted molar refractivity (Wildman–Crippen MR) is 66.5 cm³/mol. The van der Waals surface area contributed by atoms with Crippen LogP contribution in [0.3, 0.4) is 0 Å². The second-order valence-electron chi connectivity index (χ2n) is 3.90. The molecule has 2 heterocycles. The molecule has 1 atom stereocenters. The van der Waals surface area contributed by atoms with Gasteiger partial charge in [-0.25, -0.2) is 4.98 Å². The molecular formula is C12H15N3S. The van der Waals surface area contributed by atoms with Gasteiger partial charge >= 0.3 is 0 Å². The normalized spacial score (nSPS) is 12.7. The van der Waals surface area contributed by atoms with E-state index in [0.29, 0.717) is 0 Å². The molecular weight excluding hydrogens is 218 g/mol. The molecule has 84 valence electrons. The molecule has 0 aliphatic heterocycles. The summed E-state index contributed by atoms with van der Waals surface area (Å²) in [7, 11) is 0. The number of thiazole rings is 1. The van der Waals surface area contributed by atoms with E-state index in [4.69, 9.17) is 5.73 Å². The smallest absolute Gasteiger partial charge is 0.0947 e. The second-order valence-corrected chi connectivity index (χ2v) is 4.84. The maximum Gasteiger partial charge on any atom is 0.0947 e. The summed E-state index contributed by atoms with van der Waals surface area (Å²) in [5, 5.41) is 3.13. The van der Waals surface area contributed by atoms with Crippen molar-refractivity contribution in [2.45, 2.75) is 26.3 Å². The van der Waals surface area contributed by atoms with Crippen molar-refractivity contribution < 1.29 is 0 Å². The molecule has 0 spiro atoms. The average Bonchev–Trinajstić information content (AvgIpc) is 2.64. The third-order valence-corrected chi connectivity index (χ3v) is 3.45. The van der Waals surface area contributed by atoms with Crippen LogP contribution in [0.4, 0.5) is 0 Å². The fraction of sp³-hybridized carbons (Fsp3) is 0.333. The van der Waals surface area contributed by atoms with Crippen LogP contribution in [-0.2, 0) is 6.42 Å². The maximum atomic E-state index is 6.14. The lowest BCUT2D eigenvalue weighted by atomic mass is 10.1. The Balaban J connectivity index is 2.14. The van der Waals surface area contributed by atoms with Crippen molar-refractivity contribution in [1.82, 2.24) is 9.97 Å². The molecule has 0 saturated heterocycles. The van der Waals surface area contributed by atoms with E-state index in [0.717, 1.165) is 28.4 Å². The average molecular weight is 233 g/mol. The molecule has 0 radical (unpaired) electrons. The molecule has 0 fully saturated rings. The first-order chi connectivity index (χ1) is 7.66. The van der Waals surface area contributed by atoms with Crippen molar-refractivity contribution in [2.75, 3.05) is 0 Å². The fourth-order valence-electron chi connectivity index (χ4n) is 1.67. The number of hydrogen-bond donors (Lipinski definition) is 1. The lowest BCUT2D eigenvalue weighted by Gasteiger charge is -2.11. The fourth-order valence-corrected chi connectivity index (χ4v) is 2.50. The van der Waals surface area contributed by atoms with E-state index in [2.05, 4.69) is 9.97 Å². The zero-order valence-corrected chi connectivity index (χ0v) is 10.3. The van der Waals surface area contributed by atoms with Gasteiger partial charge in [0.15, 0.2) is 0 Å². The van der Waals surface area contributed by atoms with Crippen LogP contribution < -0.4 is 5.73 Å². The first-order valence-corrected chi connectivity index (χ1v) is 6.13. The molecule has 2 N–H and O–H groups in total. The molecule has 0 saturated carbocycles. The number of hydrogen-bond acceptors (Lipinski definition) is 4. The Morgan fingerprint density at radius 3 is 2.88 bits per heavy atom. The topological polar surface area (TPSA) is 51.8 Å². The highest BCUT2D eigenvalue weighted by Crippen LogP contribution is 2.19. The number of nitrogens with zero attached hydrogens (tertiary/aromatic N) is 2. The van der Waals surface area contributed by atoms with Crippen molar-refractivity contribution >= 4 is 11.3 Å². The van der Waals surface area contributed by atoms with Crippen molar-refractivity contribution in [3.05, 3.63) is 45.7 Å². The minimum atomic E-state index is -0.0632. The minimum Gasteiger partial charge on any atom is -0.322 e. The van der Waals surface area contributed by atoms with Crippen molar-refractivity contribution in [3.8, 4) is 0 Å². The van der Waals surface area contributed by atoms with E-state index in [1.54, 1.807) is 17.5 Å². The van der Waals surface area contributed by atoms with Crippen molar-refractivity contribution in [2.24, 2.45) is 5.73 Å². The molecule has 2 aromatic rings. The van der Waals surface area contributed by atoms with Gasteiger partial charge in [0.25, 0.3) is 0 Å². The predicted octanol–water partition coefficient (Wildman–Crippen LogP) is 2.40. The van der Waals surface area contributed by atoms with Gasteiger partial charge in [0.2, 0.25) is 0 Å². The van der Waals surface area contributed by atoms with Crippen molar-refractivity contribution in [3.63, 3.8) is 0 Å². The molecule has 1 unspecified atom stereocenters. The van der Waals surface area contributed by atoms with Gasteiger partial charge in [0, 0.05) is 23.7 Å². The molecule has 0 aromatic carbocycles.